The first kappa shape index (κ1) is 19.2. The number of rotatable bonds is 5. The van der Waals surface area contributed by atoms with Crippen molar-refractivity contribution in [1.29, 1.82) is 0 Å². The lowest BCUT2D eigenvalue weighted by Crippen LogP contribution is -2.36. The summed E-state index contributed by atoms with van der Waals surface area (Å²) in [5, 5.41) is 7.58. The first-order valence-electron chi connectivity index (χ1n) is 9.38. The number of nitrogens with one attached hydrogen (secondary N) is 2. The number of morpholine rings is 1. The molecule has 3 aromatic rings. The van der Waals surface area contributed by atoms with E-state index in [9.17, 15) is 9.59 Å². The van der Waals surface area contributed by atoms with E-state index in [1.54, 1.807) is 30.3 Å². The summed E-state index contributed by atoms with van der Waals surface area (Å²) >= 11 is 1.38. The maximum atomic E-state index is 12.5. The van der Waals surface area contributed by atoms with Crippen LogP contribution in [0.25, 0.3) is 0 Å². The van der Waals surface area contributed by atoms with E-state index in [1.165, 1.54) is 11.3 Å². The molecule has 29 heavy (non-hydrogen) atoms. The number of ether oxygens (including phenoxy) is 1. The molecule has 1 saturated heterocycles. The largest absolute Gasteiger partial charge is 0.378 e. The van der Waals surface area contributed by atoms with E-state index >= 15 is 0 Å². The Morgan fingerprint density at radius 2 is 1.45 bits per heavy atom. The molecule has 7 heteroatoms. The third-order valence-corrected chi connectivity index (χ3v) is 5.52. The lowest BCUT2D eigenvalue weighted by molar-refractivity contribution is 0.102. The van der Waals surface area contributed by atoms with Crippen molar-refractivity contribution in [3.8, 4) is 0 Å². The summed E-state index contributed by atoms with van der Waals surface area (Å²) in [4.78, 5) is 27.5. The lowest BCUT2D eigenvalue weighted by atomic mass is 10.2. The van der Waals surface area contributed by atoms with Crippen LogP contribution in [0.5, 0.6) is 0 Å². The molecular formula is C22H21N3O3S. The van der Waals surface area contributed by atoms with Crippen LogP contribution in [-0.2, 0) is 4.74 Å². The second-order valence-electron chi connectivity index (χ2n) is 6.61. The zero-order valence-corrected chi connectivity index (χ0v) is 16.6. The molecule has 0 saturated carbocycles. The van der Waals surface area contributed by atoms with Crippen LogP contribution < -0.4 is 15.5 Å². The van der Waals surface area contributed by atoms with Crippen molar-refractivity contribution in [3.05, 3.63) is 76.5 Å². The van der Waals surface area contributed by atoms with E-state index in [2.05, 4.69) is 15.5 Å². The number of anilines is 3. The van der Waals surface area contributed by atoms with Crippen LogP contribution in [0.3, 0.4) is 0 Å². The van der Waals surface area contributed by atoms with Gasteiger partial charge in [-0.3, -0.25) is 9.59 Å². The normalized spacial score (nSPS) is 13.7. The molecule has 1 aliphatic rings. The molecule has 2 N–H and O–H groups in total. The van der Waals surface area contributed by atoms with Gasteiger partial charge in [-0.1, -0.05) is 6.07 Å². The molecule has 0 bridgehead atoms. The fourth-order valence-corrected chi connectivity index (χ4v) is 3.70. The Morgan fingerprint density at radius 3 is 2.07 bits per heavy atom. The van der Waals surface area contributed by atoms with Crippen LogP contribution in [0.15, 0.2) is 66.0 Å². The monoisotopic (exact) mass is 407 g/mol. The zero-order valence-electron chi connectivity index (χ0n) is 15.8. The van der Waals surface area contributed by atoms with Crippen molar-refractivity contribution in [1.82, 2.24) is 0 Å². The SMILES string of the molecule is O=C(Nc1ccc(N2CCOCC2)cc1)c1ccc(NC(=O)c2cccs2)cc1. The van der Waals surface area contributed by atoms with Crippen molar-refractivity contribution in [3.63, 3.8) is 0 Å². The summed E-state index contributed by atoms with van der Waals surface area (Å²) < 4.78 is 5.37. The van der Waals surface area contributed by atoms with E-state index in [-0.39, 0.29) is 11.8 Å². The lowest BCUT2D eigenvalue weighted by Gasteiger charge is -2.28. The van der Waals surface area contributed by atoms with Gasteiger partial charge in [0.15, 0.2) is 0 Å². The molecule has 1 aromatic heterocycles. The number of hydrogen-bond donors (Lipinski definition) is 2. The second-order valence-corrected chi connectivity index (χ2v) is 7.56. The third-order valence-electron chi connectivity index (χ3n) is 4.65. The van der Waals surface area contributed by atoms with Gasteiger partial charge in [0.25, 0.3) is 11.8 Å². The smallest absolute Gasteiger partial charge is 0.265 e. The molecule has 148 valence electrons. The molecule has 4 rings (SSSR count). The summed E-state index contributed by atoms with van der Waals surface area (Å²) in [5.74, 6) is -0.349. The second kappa shape index (κ2) is 8.89. The first-order valence-corrected chi connectivity index (χ1v) is 10.3. The maximum absolute atomic E-state index is 12.5. The van der Waals surface area contributed by atoms with Gasteiger partial charge < -0.3 is 20.3 Å². The van der Waals surface area contributed by atoms with Crippen LogP contribution in [-0.4, -0.2) is 38.1 Å². The van der Waals surface area contributed by atoms with Crippen molar-refractivity contribution in [2.24, 2.45) is 0 Å². The highest BCUT2D eigenvalue weighted by atomic mass is 32.1. The van der Waals surface area contributed by atoms with Gasteiger partial charge in [-0.2, -0.15) is 0 Å². The molecule has 2 heterocycles. The van der Waals surface area contributed by atoms with E-state index in [0.29, 0.717) is 16.1 Å². The van der Waals surface area contributed by atoms with Gasteiger partial charge in [-0.25, -0.2) is 0 Å². The molecule has 0 spiro atoms. The van der Waals surface area contributed by atoms with Gasteiger partial charge in [0.2, 0.25) is 0 Å². The molecule has 0 unspecified atom stereocenters. The summed E-state index contributed by atoms with van der Waals surface area (Å²) in [6.07, 6.45) is 0. The fraction of sp³-hybridized carbons (Fsp3) is 0.182. The molecule has 2 aromatic carbocycles. The number of thiophene rings is 1. The van der Waals surface area contributed by atoms with Gasteiger partial charge in [0.05, 0.1) is 18.1 Å². The Kier molecular flexibility index (Phi) is 5.88. The summed E-state index contributed by atoms with van der Waals surface area (Å²) in [6.45, 7) is 3.23. The Balaban J connectivity index is 1.35. The average molecular weight is 407 g/mol. The van der Waals surface area contributed by atoms with Crippen molar-refractivity contribution >= 4 is 40.2 Å². The Hall–Kier alpha value is -3.16. The minimum absolute atomic E-state index is 0.155. The van der Waals surface area contributed by atoms with Gasteiger partial charge in [0.1, 0.15) is 0 Å². The van der Waals surface area contributed by atoms with Crippen molar-refractivity contribution < 1.29 is 14.3 Å². The average Bonchev–Trinajstić information content (AvgIpc) is 3.31. The van der Waals surface area contributed by atoms with Crippen LogP contribution in [0.4, 0.5) is 17.1 Å². The predicted octanol–water partition coefficient (Wildman–Crippen LogP) is 4.09. The summed E-state index contributed by atoms with van der Waals surface area (Å²) in [7, 11) is 0. The molecule has 1 aliphatic heterocycles. The molecule has 6 nitrogen and oxygen atoms in total. The standard InChI is InChI=1S/C22H21N3O3S/c26-21(23-18-7-9-19(10-8-18)25-11-13-28-14-12-25)16-3-5-17(6-4-16)24-22(27)20-2-1-15-29-20/h1-10,15H,11-14H2,(H,23,26)(H,24,27). The minimum Gasteiger partial charge on any atom is -0.378 e. The molecule has 0 aliphatic carbocycles. The highest BCUT2D eigenvalue weighted by Gasteiger charge is 2.12. The van der Waals surface area contributed by atoms with E-state index < -0.39 is 0 Å². The van der Waals surface area contributed by atoms with Crippen LogP contribution in [0.1, 0.15) is 20.0 Å². The molecular weight excluding hydrogens is 386 g/mol. The maximum Gasteiger partial charge on any atom is 0.265 e. The number of hydrogen-bond acceptors (Lipinski definition) is 5. The summed E-state index contributed by atoms with van der Waals surface area (Å²) in [6, 6.07) is 18.3. The minimum atomic E-state index is -0.194. The number of amides is 2. The Labute approximate surface area is 173 Å². The van der Waals surface area contributed by atoms with Crippen LogP contribution in [0, 0.1) is 0 Å². The number of benzene rings is 2. The van der Waals surface area contributed by atoms with Gasteiger partial charge in [0, 0.05) is 35.7 Å². The third kappa shape index (κ3) is 4.82. The van der Waals surface area contributed by atoms with Crippen molar-refractivity contribution in [2.45, 2.75) is 0 Å². The number of carbonyl (C=O) groups is 2. The van der Waals surface area contributed by atoms with Crippen molar-refractivity contribution in [2.75, 3.05) is 41.8 Å². The van der Waals surface area contributed by atoms with Crippen LogP contribution >= 0.6 is 11.3 Å². The van der Waals surface area contributed by atoms with Gasteiger partial charge in [-0.15, -0.1) is 11.3 Å². The van der Waals surface area contributed by atoms with E-state index in [0.717, 1.165) is 37.7 Å². The van der Waals surface area contributed by atoms with Gasteiger partial charge in [-0.05, 0) is 60.0 Å². The molecule has 0 radical (unpaired) electrons. The molecule has 0 atom stereocenters. The molecule has 1 fully saturated rings. The van der Waals surface area contributed by atoms with E-state index in [1.807, 2.05) is 35.7 Å². The zero-order chi connectivity index (χ0) is 20.1. The molecule has 2 amide bonds. The summed E-state index contributed by atoms with van der Waals surface area (Å²) in [5.41, 5.74) is 3.03. The highest BCUT2D eigenvalue weighted by Crippen LogP contribution is 2.20. The number of carbonyl (C=O) groups excluding carboxylic acids is 2. The fourth-order valence-electron chi connectivity index (χ4n) is 3.09. The Morgan fingerprint density at radius 1 is 0.828 bits per heavy atom. The highest BCUT2D eigenvalue weighted by molar-refractivity contribution is 7.12. The quantitative estimate of drug-likeness (QED) is 0.668. The topological polar surface area (TPSA) is 70.7 Å². The predicted molar refractivity (Wildman–Crippen MR) is 116 cm³/mol. The first-order chi connectivity index (χ1) is 14.2. The van der Waals surface area contributed by atoms with E-state index in [4.69, 9.17) is 4.74 Å². The number of nitrogens with zero attached hydrogens (tertiary/aromatic N) is 1. The Bertz CT molecular complexity index is 964. The van der Waals surface area contributed by atoms with Gasteiger partial charge >= 0.3 is 0 Å². The van der Waals surface area contributed by atoms with Crippen LogP contribution in [0.2, 0.25) is 0 Å².